The summed E-state index contributed by atoms with van der Waals surface area (Å²) in [5, 5.41) is 0.670. The molecule has 0 radical (unpaired) electrons. The molecule has 1 aliphatic heterocycles. The number of amides is 1. The molecule has 2 N–H and O–H groups in total. The Hall–Kier alpha value is -1.00. The van der Waals surface area contributed by atoms with Gasteiger partial charge in [0.25, 0.3) is 5.91 Å². The first-order valence-corrected chi connectivity index (χ1v) is 8.42. The topological polar surface area (TPSA) is 51.3 Å². The summed E-state index contributed by atoms with van der Waals surface area (Å²) in [4.78, 5) is 14.9. The van der Waals surface area contributed by atoms with Gasteiger partial charge in [-0.2, -0.15) is 0 Å². The number of halogens is 1. The second-order valence-electron chi connectivity index (χ2n) is 6.99. The Kier molecular flexibility index (Phi) is 3.27. The van der Waals surface area contributed by atoms with Crippen molar-refractivity contribution >= 4 is 17.5 Å². The molecular formula is C16H22ClN3O. The minimum absolute atomic E-state index is 0.150. The van der Waals surface area contributed by atoms with Crippen molar-refractivity contribution in [2.75, 3.05) is 13.1 Å². The molecule has 3 aliphatic rings. The molecule has 1 aromatic heterocycles. The fourth-order valence-corrected chi connectivity index (χ4v) is 4.28. The molecule has 2 aliphatic carbocycles. The van der Waals surface area contributed by atoms with Crippen LogP contribution in [0.4, 0.5) is 0 Å². The summed E-state index contributed by atoms with van der Waals surface area (Å²) in [6.45, 7) is 1.76. The maximum Gasteiger partial charge on any atom is 0.270 e. The van der Waals surface area contributed by atoms with E-state index in [1.807, 2.05) is 17.2 Å². The van der Waals surface area contributed by atoms with Crippen LogP contribution in [0.5, 0.6) is 0 Å². The highest BCUT2D eigenvalue weighted by molar-refractivity contribution is 6.31. The summed E-state index contributed by atoms with van der Waals surface area (Å²) in [6.07, 6.45) is 7.56. The number of likely N-dealkylation sites (tertiary alicyclic amines) is 1. The molecule has 0 bridgehead atoms. The quantitative estimate of drug-likeness (QED) is 0.913. The van der Waals surface area contributed by atoms with Crippen molar-refractivity contribution in [1.29, 1.82) is 0 Å². The maximum absolute atomic E-state index is 12.9. The zero-order valence-electron chi connectivity index (χ0n) is 12.2. The number of hydrogen-bond acceptors (Lipinski definition) is 2. The van der Waals surface area contributed by atoms with Gasteiger partial charge < -0.3 is 15.2 Å². The van der Waals surface area contributed by atoms with E-state index in [1.54, 1.807) is 0 Å². The molecule has 3 fully saturated rings. The van der Waals surface area contributed by atoms with Crippen LogP contribution in [-0.4, -0.2) is 34.5 Å². The van der Waals surface area contributed by atoms with Gasteiger partial charge >= 0.3 is 0 Å². The second kappa shape index (κ2) is 5.03. The van der Waals surface area contributed by atoms with E-state index in [4.69, 9.17) is 17.3 Å². The Labute approximate surface area is 130 Å². The lowest BCUT2D eigenvalue weighted by Gasteiger charge is -2.27. The molecule has 0 aromatic carbocycles. The van der Waals surface area contributed by atoms with Crippen LogP contribution >= 0.6 is 11.6 Å². The number of fused-ring (bicyclic) bond motifs is 1. The third-order valence-electron chi connectivity index (χ3n) is 5.35. The number of hydrogen-bond donors (Lipinski definition) is 1. The van der Waals surface area contributed by atoms with E-state index in [9.17, 15) is 4.79 Å². The predicted octanol–water partition coefficient (Wildman–Crippen LogP) is 2.68. The van der Waals surface area contributed by atoms with Crippen molar-refractivity contribution in [3.05, 3.63) is 23.0 Å². The molecule has 114 valence electrons. The standard InChI is InChI=1S/C16H22ClN3O/c17-12-6-15(20(9-12)14-3-4-14)16(21)19-7-10-1-2-13(18)5-11(10)8-19/h6,9-11,13-14H,1-5,7-8,18H2/t10-,11+,13?/m1/s1. The number of nitrogens with two attached hydrogens (primary N) is 1. The van der Waals surface area contributed by atoms with Crippen LogP contribution in [0.25, 0.3) is 0 Å². The third-order valence-corrected chi connectivity index (χ3v) is 5.56. The molecule has 2 saturated carbocycles. The van der Waals surface area contributed by atoms with E-state index in [1.165, 1.54) is 6.42 Å². The largest absolute Gasteiger partial charge is 0.339 e. The molecule has 2 heterocycles. The van der Waals surface area contributed by atoms with Gasteiger partial charge in [-0.15, -0.1) is 0 Å². The van der Waals surface area contributed by atoms with Gasteiger partial charge in [0.2, 0.25) is 0 Å². The average Bonchev–Trinajstić information content (AvgIpc) is 3.10. The maximum atomic E-state index is 12.9. The first-order valence-electron chi connectivity index (χ1n) is 8.04. The van der Waals surface area contributed by atoms with E-state index in [0.29, 0.717) is 28.9 Å². The summed E-state index contributed by atoms with van der Waals surface area (Å²) >= 11 is 6.12. The van der Waals surface area contributed by atoms with Gasteiger partial charge in [0.15, 0.2) is 0 Å². The van der Waals surface area contributed by atoms with Gasteiger partial charge in [-0.25, -0.2) is 0 Å². The highest BCUT2D eigenvalue weighted by Gasteiger charge is 2.40. The van der Waals surface area contributed by atoms with Crippen molar-refractivity contribution in [1.82, 2.24) is 9.47 Å². The van der Waals surface area contributed by atoms with Crippen LogP contribution in [0.2, 0.25) is 5.02 Å². The van der Waals surface area contributed by atoms with E-state index in [2.05, 4.69) is 4.57 Å². The smallest absolute Gasteiger partial charge is 0.270 e. The SMILES string of the molecule is NC1CC[C@@H]2CN(C(=O)c3cc(Cl)cn3C3CC3)C[C@@H]2C1. The lowest BCUT2D eigenvalue weighted by atomic mass is 9.79. The van der Waals surface area contributed by atoms with Crippen molar-refractivity contribution in [3.63, 3.8) is 0 Å². The summed E-state index contributed by atoms with van der Waals surface area (Å²) in [7, 11) is 0. The average molecular weight is 308 g/mol. The van der Waals surface area contributed by atoms with Crippen molar-refractivity contribution in [2.24, 2.45) is 17.6 Å². The van der Waals surface area contributed by atoms with Crippen LogP contribution in [0.3, 0.4) is 0 Å². The van der Waals surface area contributed by atoms with Gasteiger partial charge in [0, 0.05) is 31.4 Å². The molecule has 4 nitrogen and oxygen atoms in total. The zero-order valence-corrected chi connectivity index (χ0v) is 12.9. The van der Waals surface area contributed by atoms with Crippen molar-refractivity contribution < 1.29 is 4.79 Å². The Morgan fingerprint density at radius 2 is 1.95 bits per heavy atom. The van der Waals surface area contributed by atoms with Crippen molar-refractivity contribution in [3.8, 4) is 0 Å². The normalized spacial score (nSPS) is 32.3. The minimum Gasteiger partial charge on any atom is -0.339 e. The molecule has 3 atom stereocenters. The fraction of sp³-hybridized carbons (Fsp3) is 0.688. The summed E-state index contributed by atoms with van der Waals surface area (Å²) in [5.74, 6) is 1.39. The highest BCUT2D eigenvalue weighted by Crippen LogP contribution is 2.39. The Morgan fingerprint density at radius 3 is 2.71 bits per heavy atom. The van der Waals surface area contributed by atoms with E-state index < -0.39 is 0 Å². The van der Waals surface area contributed by atoms with Crippen LogP contribution in [-0.2, 0) is 0 Å². The van der Waals surface area contributed by atoms with E-state index >= 15 is 0 Å². The number of carbonyl (C=O) groups is 1. The fourth-order valence-electron chi connectivity index (χ4n) is 4.07. The molecule has 5 heteroatoms. The van der Waals surface area contributed by atoms with Crippen molar-refractivity contribution in [2.45, 2.75) is 44.2 Å². The number of nitrogens with zero attached hydrogens (tertiary/aromatic N) is 2. The van der Waals surface area contributed by atoms with E-state index in [0.717, 1.165) is 44.5 Å². The first kappa shape index (κ1) is 13.6. The van der Waals surface area contributed by atoms with Gasteiger partial charge in [0.1, 0.15) is 5.69 Å². The zero-order chi connectivity index (χ0) is 14.6. The Balaban J connectivity index is 1.53. The van der Waals surface area contributed by atoms with Gasteiger partial charge in [-0.05, 0) is 50.0 Å². The second-order valence-corrected chi connectivity index (χ2v) is 7.42. The van der Waals surface area contributed by atoms with Crippen LogP contribution < -0.4 is 5.73 Å². The lowest BCUT2D eigenvalue weighted by molar-refractivity contribution is 0.0773. The Bertz CT molecular complexity index is 566. The molecule has 21 heavy (non-hydrogen) atoms. The number of carbonyl (C=O) groups excluding carboxylic acids is 1. The number of aromatic nitrogens is 1. The molecule has 4 rings (SSSR count). The minimum atomic E-state index is 0.150. The third kappa shape index (κ3) is 2.49. The van der Waals surface area contributed by atoms with Gasteiger partial charge in [-0.1, -0.05) is 11.6 Å². The highest BCUT2D eigenvalue weighted by atomic mass is 35.5. The Morgan fingerprint density at radius 1 is 1.19 bits per heavy atom. The van der Waals surface area contributed by atoms with Crippen LogP contribution in [0.1, 0.15) is 48.6 Å². The summed E-state index contributed by atoms with van der Waals surface area (Å²) in [6, 6.07) is 2.64. The summed E-state index contributed by atoms with van der Waals surface area (Å²) in [5.41, 5.74) is 6.84. The van der Waals surface area contributed by atoms with Crippen LogP contribution in [0, 0.1) is 11.8 Å². The molecule has 1 unspecified atom stereocenters. The van der Waals surface area contributed by atoms with Gasteiger partial charge in [0.05, 0.1) is 5.02 Å². The molecule has 1 aromatic rings. The number of rotatable bonds is 2. The first-order chi connectivity index (χ1) is 10.1. The summed E-state index contributed by atoms with van der Waals surface area (Å²) < 4.78 is 2.08. The molecular weight excluding hydrogens is 286 g/mol. The lowest BCUT2D eigenvalue weighted by Crippen LogP contribution is -2.32. The van der Waals surface area contributed by atoms with E-state index in [-0.39, 0.29) is 5.91 Å². The predicted molar refractivity (Wildman–Crippen MR) is 82.4 cm³/mol. The molecule has 0 spiro atoms. The monoisotopic (exact) mass is 307 g/mol. The molecule has 1 amide bonds. The van der Waals surface area contributed by atoms with Gasteiger partial charge in [-0.3, -0.25) is 4.79 Å². The van der Waals surface area contributed by atoms with Crippen LogP contribution in [0.15, 0.2) is 12.3 Å². The molecule has 1 saturated heterocycles.